The number of allylic oxidation sites excluding steroid dienone is 1. The highest BCUT2D eigenvalue weighted by atomic mass is 14.9. The third-order valence-corrected chi connectivity index (χ3v) is 1.33. The molecule has 1 N–H and O–H groups in total. The number of nitrogens with one attached hydrogen (secondary N) is 1. The Bertz CT molecular complexity index is 86.2. The van der Waals surface area contributed by atoms with Crippen LogP contribution in [0.4, 0.5) is 0 Å². The quantitative estimate of drug-likeness (QED) is 0.480. The summed E-state index contributed by atoms with van der Waals surface area (Å²) in [5, 5.41) is 3.22. The lowest BCUT2D eigenvalue weighted by Crippen LogP contribution is -2.14. The molecule has 0 aromatic carbocycles. The molecule has 1 heteroatoms. The van der Waals surface area contributed by atoms with Gasteiger partial charge in [0.05, 0.1) is 0 Å². The second-order valence-corrected chi connectivity index (χ2v) is 2.19. The lowest BCUT2D eigenvalue weighted by atomic mass is 10.2. The number of rotatable bonds is 0. The van der Waals surface area contributed by atoms with Crippen molar-refractivity contribution < 1.29 is 0 Å². The molecule has 1 aliphatic heterocycles. The van der Waals surface area contributed by atoms with Crippen molar-refractivity contribution in [1.29, 1.82) is 0 Å². The predicted molar refractivity (Wildman–Crippen MR) is 31.0 cm³/mol. The van der Waals surface area contributed by atoms with Crippen LogP contribution in [0.1, 0.15) is 19.8 Å². The maximum absolute atomic E-state index is 3.79. The summed E-state index contributed by atoms with van der Waals surface area (Å²) in [5.74, 6) is 0. The van der Waals surface area contributed by atoms with Gasteiger partial charge < -0.3 is 5.32 Å². The highest BCUT2D eigenvalue weighted by molar-refractivity contribution is 4.99. The summed E-state index contributed by atoms with van der Waals surface area (Å²) < 4.78 is 0. The van der Waals surface area contributed by atoms with E-state index < -0.39 is 0 Å². The van der Waals surface area contributed by atoms with Gasteiger partial charge in [-0.25, -0.2) is 0 Å². The molecule has 1 heterocycles. The van der Waals surface area contributed by atoms with Gasteiger partial charge in [-0.1, -0.05) is 6.58 Å². The number of hydrogen-bond acceptors (Lipinski definition) is 1. The van der Waals surface area contributed by atoms with Crippen molar-refractivity contribution in [3.05, 3.63) is 12.3 Å². The van der Waals surface area contributed by atoms with Crippen LogP contribution in [0.2, 0.25) is 0 Å². The van der Waals surface area contributed by atoms with Gasteiger partial charge in [0.25, 0.3) is 0 Å². The molecule has 0 aromatic rings. The molecule has 1 atom stereocenters. The molecule has 0 aromatic heterocycles. The topological polar surface area (TPSA) is 12.0 Å². The third-order valence-electron chi connectivity index (χ3n) is 1.33. The zero-order valence-electron chi connectivity index (χ0n) is 4.70. The minimum Gasteiger partial charge on any atom is -0.386 e. The normalized spacial score (nSPS) is 30.4. The van der Waals surface area contributed by atoms with Crippen molar-refractivity contribution in [3.8, 4) is 0 Å². The zero-order valence-corrected chi connectivity index (χ0v) is 4.70. The van der Waals surface area contributed by atoms with Gasteiger partial charge in [-0.15, -0.1) is 0 Å². The third kappa shape index (κ3) is 0.952. The van der Waals surface area contributed by atoms with Crippen molar-refractivity contribution in [2.45, 2.75) is 25.8 Å². The lowest BCUT2D eigenvalue weighted by molar-refractivity contribution is 0.681. The molecule has 0 spiro atoms. The van der Waals surface area contributed by atoms with E-state index in [0.717, 1.165) is 0 Å². The minimum absolute atomic E-state index is 0.674. The Hall–Kier alpha value is -0.460. The summed E-state index contributed by atoms with van der Waals surface area (Å²) in [6, 6.07) is 0.674. The Morgan fingerprint density at radius 1 is 1.86 bits per heavy atom. The van der Waals surface area contributed by atoms with E-state index >= 15 is 0 Å². The van der Waals surface area contributed by atoms with Crippen molar-refractivity contribution in [1.82, 2.24) is 5.32 Å². The fraction of sp³-hybridized carbons (Fsp3) is 0.667. The second-order valence-electron chi connectivity index (χ2n) is 2.19. The molecule has 0 radical (unpaired) electrons. The van der Waals surface area contributed by atoms with Gasteiger partial charge in [0, 0.05) is 11.7 Å². The molecule has 7 heavy (non-hydrogen) atoms. The van der Waals surface area contributed by atoms with E-state index in [4.69, 9.17) is 0 Å². The fourth-order valence-electron chi connectivity index (χ4n) is 0.884. The van der Waals surface area contributed by atoms with Crippen LogP contribution in [0.3, 0.4) is 0 Å². The lowest BCUT2D eigenvalue weighted by Gasteiger charge is -1.99. The van der Waals surface area contributed by atoms with Crippen molar-refractivity contribution in [2.24, 2.45) is 0 Å². The molecule has 0 aliphatic carbocycles. The van der Waals surface area contributed by atoms with E-state index in [2.05, 4.69) is 18.8 Å². The van der Waals surface area contributed by atoms with E-state index in [1.54, 1.807) is 0 Å². The van der Waals surface area contributed by atoms with Crippen LogP contribution >= 0.6 is 0 Å². The van der Waals surface area contributed by atoms with Gasteiger partial charge in [-0.3, -0.25) is 0 Å². The van der Waals surface area contributed by atoms with Crippen LogP contribution in [-0.2, 0) is 0 Å². The molecule has 0 bridgehead atoms. The first kappa shape index (κ1) is 4.69. The smallest absolute Gasteiger partial charge is 0.0233 e. The molecule has 0 saturated carbocycles. The molecule has 0 amide bonds. The van der Waals surface area contributed by atoms with E-state index in [-0.39, 0.29) is 0 Å². The van der Waals surface area contributed by atoms with E-state index in [9.17, 15) is 0 Å². The van der Waals surface area contributed by atoms with Crippen LogP contribution in [0.5, 0.6) is 0 Å². The second kappa shape index (κ2) is 1.57. The molecule has 1 fully saturated rings. The summed E-state index contributed by atoms with van der Waals surface area (Å²) in [6.07, 6.45) is 2.43. The van der Waals surface area contributed by atoms with Crippen molar-refractivity contribution in [3.63, 3.8) is 0 Å². The highest BCUT2D eigenvalue weighted by Gasteiger charge is 2.09. The van der Waals surface area contributed by atoms with E-state index in [0.29, 0.717) is 6.04 Å². The molecule has 1 nitrogen and oxygen atoms in total. The molecular formula is C6H11N. The zero-order chi connectivity index (χ0) is 5.28. The van der Waals surface area contributed by atoms with Crippen LogP contribution in [0.15, 0.2) is 12.3 Å². The summed E-state index contributed by atoms with van der Waals surface area (Å²) in [5.41, 5.74) is 1.20. The molecule has 40 valence electrons. The predicted octanol–water partition coefficient (Wildman–Crippen LogP) is 1.27. The molecule has 1 rings (SSSR count). The van der Waals surface area contributed by atoms with Gasteiger partial charge in [-0.05, 0) is 19.8 Å². The van der Waals surface area contributed by atoms with Crippen LogP contribution in [0, 0.1) is 0 Å². The molecule has 1 saturated heterocycles. The summed E-state index contributed by atoms with van der Waals surface area (Å²) >= 11 is 0. The maximum Gasteiger partial charge on any atom is 0.0233 e. The summed E-state index contributed by atoms with van der Waals surface area (Å²) in [6.45, 7) is 5.97. The van der Waals surface area contributed by atoms with Gasteiger partial charge in [0.2, 0.25) is 0 Å². The van der Waals surface area contributed by atoms with Crippen molar-refractivity contribution in [2.75, 3.05) is 0 Å². The molecule has 0 unspecified atom stereocenters. The minimum atomic E-state index is 0.674. The first-order chi connectivity index (χ1) is 3.29. The number of hydrogen-bond donors (Lipinski definition) is 1. The fourth-order valence-corrected chi connectivity index (χ4v) is 0.884. The Balaban J connectivity index is 2.40. The Kier molecular flexibility index (Phi) is 1.05. The average Bonchev–Trinajstić information content (AvgIpc) is 1.87. The van der Waals surface area contributed by atoms with Gasteiger partial charge in [0.1, 0.15) is 0 Å². The Labute approximate surface area is 44.4 Å². The first-order valence-corrected chi connectivity index (χ1v) is 2.73. The largest absolute Gasteiger partial charge is 0.386 e. The van der Waals surface area contributed by atoms with E-state index in [1.165, 1.54) is 18.5 Å². The van der Waals surface area contributed by atoms with Gasteiger partial charge >= 0.3 is 0 Å². The molecule has 1 aliphatic rings. The first-order valence-electron chi connectivity index (χ1n) is 2.73. The highest BCUT2D eigenvalue weighted by Crippen LogP contribution is 2.11. The SMILES string of the molecule is C=C1CC[C@H](C)N1. The average molecular weight is 97.2 g/mol. The van der Waals surface area contributed by atoms with Crippen molar-refractivity contribution >= 4 is 0 Å². The Morgan fingerprint density at radius 3 is 2.71 bits per heavy atom. The molecular weight excluding hydrogens is 86.1 g/mol. The standard InChI is InChI=1S/C6H11N/c1-5-3-4-6(2)7-5/h6-7H,1,3-4H2,2H3/t6-/m0/s1. The Morgan fingerprint density at radius 2 is 2.57 bits per heavy atom. The van der Waals surface area contributed by atoms with E-state index in [1.807, 2.05) is 0 Å². The van der Waals surface area contributed by atoms with Gasteiger partial charge in [0.15, 0.2) is 0 Å². The van der Waals surface area contributed by atoms with Crippen LogP contribution in [-0.4, -0.2) is 6.04 Å². The van der Waals surface area contributed by atoms with Crippen LogP contribution < -0.4 is 5.32 Å². The van der Waals surface area contributed by atoms with Crippen LogP contribution in [0.25, 0.3) is 0 Å². The van der Waals surface area contributed by atoms with Gasteiger partial charge in [-0.2, -0.15) is 0 Å². The maximum atomic E-state index is 3.79. The summed E-state index contributed by atoms with van der Waals surface area (Å²) in [7, 11) is 0. The monoisotopic (exact) mass is 97.1 g/mol. The summed E-state index contributed by atoms with van der Waals surface area (Å²) in [4.78, 5) is 0.